The van der Waals surface area contributed by atoms with Crippen LogP contribution < -0.4 is 5.32 Å². The van der Waals surface area contributed by atoms with E-state index in [2.05, 4.69) is 63.5 Å². The monoisotopic (exact) mass is 566 g/mol. The van der Waals surface area contributed by atoms with Crippen LogP contribution in [0.4, 0.5) is 14.5 Å². The molecule has 0 bridgehead atoms. The Balaban J connectivity index is 0.000000241. The number of nitrogens with one attached hydrogen (secondary N) is 1. The predicted molar refractivity (Wildman–Crippen MR) is 155 cm³/mol. The zero-order chi connectivity index (χ0) is 27.5. The Hall–Kier alpha value is -2.27. The van der Waals surface area contributed by atoms with Crippen molar-refractivity contribution in [3.8, 4) is 0 Å². The molecule has 1 N–H and O–H groups in total. The van der Waals surface area contributed by atoms with Crippen LogP contribution in [0.3, 0.4) is 0 Å². The molecule has 2 fully saturated rings. The van der Waals surface area contributed by atoms with E-state index in [1.807, 2.05) is 12.1 Å². The standard InChI is InChI=1S/C16H15ClF2N4O.C11H22N2S/c1-20-23-16(24-10-15(18)19)11-5-6-14(21-8-11)9-22-13-4-2-3-12(17)7-13;1-9(2)13-7-10(8-13)12-5-3-11(14)4-6-12/h2-8,15,22H,1,9-10H2;9-11,14H,3-8H2,1-2H3/b23-16-;. The molecule has 2 saturated heterocycles. The van der Waals surface area contributed by atoms with E-state index >= 15 is 0 Å². The summed E-state index contributed by atoms with van der Waals surface area (Å²) in [5, 5.41) is 11.4. The Kier molecular flexibility index (Phi) is 12.2. The third-order valence-corrected chi connectivity index (χ3v) is 7.27. The van der Waals surface area contributed by atoms with Gasteiger partial charge in [-0.3, -0.25) is 14.8 Å². The normalized spacial score (nSPS) is 17.6. The summed E-state index contributed by atoms with van der Waals surface area (Å²) in [5.74, 6) is -0.0489. The third kappa shape index (κ3) is 9.80. The summed E-state index contributed by atoms with van der Waals surface area (Å²) in [6, 6.07) is 12.3. The number of anilines is 1. The van der Waals surface area contributed by atoms with E-state index in [0.717, 1.165) is 23.5 Å². The van der Waals surface area contributed by atoms with Gasteiger partial charge in [0.25, 0.3) is 6.43 Å². The number of halogens is 3. The Bertz CT molecular complexity index is 1030. The van der Waals surface area contributed by atoms with Crippen molar-refractivity contribution in [3.05, 3.63) is 58.9 Å². The van der Waals surface area contributed by atoms with Crippen molar-refractivity contribution in [2.24, 2.45) is 10.2 Å². The van der Waals surface area contributed by atoms with Gasteiger partial charge in [0.15, 0.2) is 6.61 Å². The molecule has 0 radical (unpaired) electrons. The number of hydrogen-bond acceptors (Lipinski definition) is 8. The topological polar surface area (TPSA) is 65.4 Å². The first-order valence-electron chi connectivity index (χ1n) is 12.8. The highest BCUT2D eigenvalue weighted by Crippen LogP contribution is 2.23. The molecule has 2 aliphatic heterocycles. The molecule has 11 heteroatoms. The second-order valence-corrected chi connectivity index (χ2v) is 10.8. The van der Waals surface area contributed by atoms with Crippen LogP contribution in [-0.4, -0.2) is 83.9 Å². The molecular formula is C27H37ClF2N6OS. The van der Waals surface area contributed by atoms with Crippen LogP contribution >= 0.6 is 24.2 Å². The quantitative estimate of drug-likeness (QED) is 0.182. The molecule has 0 amide bonds. The minimum atomic E-state index is -2.60. The number of thiol groups is 1. The lowest BCUT2D eigenvalue weighted by Gasteiger charge is -2.49. The fraction of sp³-hybridized carbons (Fsp3) is 0.519. The van der Waals surface area contributed by atoms with Crippen molar-refractivity contribution in [2.75, 3.05) is 38.1 Å². The number of hydrogen-bond donors (Lipinski definition) is 2. The van der Waals surface area contributed by atoms with Crippen molar-refractivity contribution < 1.29 is 13.5 Å². The van der Waals surface area contributed by atoms with E-state index in [4.69, 9.17) is 16.3 Å². The lowest BCUT2D eigenvalue weighted by atomic mass is 10.0. The summed E-state index contributed by atoms with van der Waals surface area (Å²) in [6.07, 6.45) is 1.43. The molecule has 208 valence electrons. The average Bonchev–Trinajstić information content (AvgIpc) is 2.86. The second-order valence-electron chi connectivity index (χ2n) is 9.62. The van der Waals surface area contributed by atoms with Crippen LogP contribution in [0, 0.1) is 0 Å². The van der Waals surface area contributed by atoms with Gasteiger partial charge in [-0.1, -0.05) is 17.7 Å². The van der Waals surface area contributed by atoms with Crippen LogP contribution in [0.15, 0.2) is 52.8 Å². The number of nitrogens with zero attached hydrogens (tertiary/aromatic N) is 5. The second kappa shape index (κ2) is 15.4. The van der Waals surface area contributed by atoms with Gasteiger partial charge in [-0.15, -0.1) is 5.10 Å². The Morgan fingerprint density at radius 2 is 1.97 bits per heavy atom. The molecule has 0 saturated carbocycles. The fourth-order valence-electron chi connectivity index (χ4n) is 4.21. The van der Waals surface area contributed by atoms with Gasteiger partial charge < -0.3 is 10.1 Å². The molecular weight excluding hydrogens is 530 g/mol. The fourth-order valence-corrected chi connectivity index (χ4v) is 4.64. The van der Waals surface area contributed by atoms with Crippen molar-refractivity contribution in [1.29, 1.82) is 0 Å². The molecule has 4 rings (SSSR count). The van der Waals surface area contributed by atoms with Crippen molar-refractivity contribution >= 4 is 42.5 Å². The summed E-state index contributed by atoms with van der Waals surface area (Å²) < 4.78 is 29.4. The lowest BCUT2D eigenvalue weighted by Crippen LogP contribution is -2.62. The maximum atomic E-state index is 12.2. The predicted octanol–water partition coefficient (Wildman–Crippen LogP) is 5.46. The van der Waals surface area contributed by atoms with Gasteiger partial charge in [0.05, 0.1) is 17.8 Å². The smallest absolute Gasteiger partial charge is 0.272 e. The van der Waals surface area contributed by atoms with E-state index in [1.165, 1.54) is 45.2 Å². The molecule has 7 nitrogen and oxygen atoms in total. The molecule has 0 aliphatic carbocycles. The van der Waals surface area contributed by atoms with E-state index in [0.29, 0.717) is 22.4 Å². The minimum Gasteiger partial charge on any atom is -0.470 e. The number of likely N-dealkylation sites (tertiary alicyclic amines) is 2. The number of rotatable bonds is 9. The number of piperidine rings is 1. The van der Waals surface area contributed by atoms with Gasteiger partial charge >= 0.3 is 0 Å². The Labute approximate surface area is 234 Å². The Morgan fingerprint density at radius 3 is 2.55 bits per heavy atom. The summed E-state index contributed by atoms with van der Waals surface area (Å²) in [5.41, 5.74) is 2.06. The first-order chi connectivity index (χ1) is 18.2. The lowest BCUT2D eigenvalue weighted by molar-refractivity contribution is 0.00617. The number of pyridine rings is 1. The van der Waals surface area contributed by atoms with Gasteiger partial charge in [0.2, 0.25) is 5.90 Å². The van der Waals surface area contributed by atoms with Gasteiger partial charge in [0, 0.05) is 54.0 Å². The van der Waals surface area contributed by atoms with Crippen LogP contribution in [0.2, 0.25) is 5.02 Å². The van der Waals surface area contributed by atoms with Gasteiger partial charge in [-0.25, -0.2) is 8.78 Å². The average molecular weight is 567 g/mol. The van der Waals surface area contributed by atoms with Gasteiger partial charge in [0.1, 0.15) is 0 Å². The zero-order valence-electron chi connectivity index (χ0n) is 21.9. The van der Waals surface area contributed by atoms with E-state index < -0.39 is 13.0 Å². The summed E-state index contributed by atoms with van der Waals surface area (Å²) in [7, 11) is 0. The third-order valence-electron chi connectivity index (χ3n) is 6.51. The molecule has 38 heavy (non-hydrogen) atoms. The van der Waals surface area contributed by atoms with Crippen molar-refractivity contribution in [2.45, 2.75) is 57.0 Å². The SMILES string of the molecule is C=N/N=C(\OCC(F)F)c1ccc(CNc2cccc(Cl)c2)nc1.CC(C)N1CC(N2CCC(S)CC2)C1. The minimum absolute atomic E-state index is 0.0489. The molecule has 2 aromatic rings. The molecule has 1 aromatic carbocycles. The Morgan fingerprint density at radius 1 is 1.24 bits per heavy atom. The molecule has 1 aromatic heterocycles. The number of aromatic nitrogens is 1. The number of benzene rings is 1. The highest BCUT2D eigenvalue weighted by Gasteiger charge is 2.34. The highest BCUT2D eigenvalue weighted by molar-refractivity contribution is 7.80. The van der Waals surface area contributed by atoms with Crippen molar-refractivity contribution in [3.63, 3.8) is 0 Å². The largest absolute Gasteiger partial charge is 0.470 e. The molecule has 0 atom stereocenters. The zero-order valence-corrected chi connectivity index (χ0v) is 23.6. The van der Waals surface area contributed by atoms with Crippen LogP contribution in [0.5, 0.6) is 0 Å². The van der Waals surface area contributed by atoms with Gasteiger partial charge in [-0.2, -0.15) is 17.7 Å². The van der Waals surface area contributed by atoms with Gasteiger partial charge in [-0.05, 0) is 70.1 Å². The summed E-state index contributed by atoms with van der Waals surface area (Å²) in [4.78, 5) is 9.45. The summed E-state index contributed by atoms with van der Waals surface area (Å²) >= 11 is 10.4. The summed E-state index contributed by atoms with van der Waals surface area (Å²) in [6.45, 7) is 12.6. The highest BCUT2D eigenvalue weighted by atomic mass is 35.5. The maximum Gasteiger partial charge on any atom is 0.272 e. The van der Waals surface area contributed by atoms with Crippen LogP contribution in [-0.2, 0) is 11.3 Å². The maximum absolute atomic E-state index is 12.2. The van der Waals surface area contributed by atoms with Crippen molar-refractivity contribution in [1.82, 2.24) is 14.8 Å². The first-order valence-corrected chi connectivity index (χ1v) is 13.7. The van der Waals surface area contributed by atoms with E-state index in [9.17, 15) is 8.78 Å². The van der Waals surface area contributed by atoms with Crippen LogP contribution in [0.1, 0.15) is 37.9 Å². The molecule has 3 heterocycles. The molecule has 2 aliphatic rings. The molecule has 0 spiro atoms. The number of alkyl halides is 2. The van der Waals surface area contributed by atoms with E-state index in [-0.39, 0.29) is 5.90 Å². The van der Waals surface area contributed by atoms with E-state index in [1.54, 1.807) is 24.3 Å². The molecule has 0 unspecified atom stereocenters. The first kappa shape index (κ1) is 30.3. The van der Waals surface area contributed by atoms with Crippen LogP contribution in [0.25, 0.3) is 0 Å². The number of ether oxygens (including phenoxy) is 1.